The van der Waals surface area contributed by atoms with Gasteiger partial charge in [-0.05, 0) is 29.0 Å². The number of hydrogen-bond acceptors (Lipinski definition) is 3. The highest BCUT2D eigenvalue weighted by molar-refractivity contribution is 5.90. The van der Waals surface area contributed by atoms with Crippen LogP contribution in [0.5, 0.6) is 0 Å². The predicted molar refractivity (Wildman–Crippen MR) is 118 cm³/mol. The van der Waals surface area contributed by atoms with Crippen LogP contribution in [0.4, 0.5) is 10.5 Å². The molecule has 1 fully saturated rings. The number of ether oxygens (including phenoxy) is 1. The summed E-state index contributed by atoms with van der Waals surface area (Å²) in [5.41, 5.74) is 3.21. The van der Waals surface area contributed by atoms with E-state index in [9.17, 15) is 4.79 Å². The maximum absolute atomic E-state index is 12.9. The molecule has 2 aromatic rings. The average Bonchev–Trinajstić information content (AvgIpc) is 2.69. The third-order valence-corrected chi connectivity index (χ3v) is 5.09. The number of hydrogen-bond donors (Lipinski definition) is 2. The molecule has 29 heavy (non-hydrogen) atoms. The van der Waals surface area contributed by atoms with Crippen molar-refractivity contribution in [3.05, 3.63) is 65.7 Å². The molecule has 1 unspecified atom stereocenters. The molecule has 1 aliphatic rings. The lowest BCUT2D eigenvalue weighted by Crippen LogP contribution is -2.37. The van der Waals surface area contributed by atoms with Gasteiger partial charge in [-0.3, -0.25) is 4.90 Å². The molecule has 2 N–H and O–H groups in total. The van der Waals surface area contributed by atoms with Crippen molar-refractivity contribution in [1.82, 2.24) is 10.2 Å². The lowest BCUT2D eigenvalue weighted by molar-refractivity contribution is 0.0343. The van der Waals surface area contributed by atoms with Crippen molar-refractivity contribution in [2.45, 2.75) is 39.8 Å². The molecule has 5 heteroatoms. The summed E-state index contributed by atoms with van der Waals surface area (Å²) < 4.78 is 5.44. The van der Waals surface area contributed by atoms with Crippen molar-refractivity contribution in [1.29, 1.82) is 0 Å². The van der Waals surface area contributed by atoms with E-state index in [2.05, 4.69) is 54.5 Å². The van der Waals surface area contributed by atoms with Crippen LogP contribution in [0.15, 0.2) is 54.6 Å². The first kappa shape index (κ1) is 21.3. The van der Waals surface area contributed by atoms with E-state index >= 15 is 0 Å². The van der Waals surface area contributed by atoms with Gasteiger partial charge in [-0.15, -0.1) is 0 Å². The van der Waals surface area contributed by atoms with Gasteiger partial charge in [-0.1, -0.05) is 69.3 Å². The number of nitrogens with one attached hydrogen (secondary N) is 2. The molecular formula is C24H33N3O2. The van der Waals surface area contributed by atoms with Crippen LogP contribution in [0.1, 0.15) is 44.4 Å². The van der Waals surface area contributed by atoms with Crippen molar-refractivity contribution in [3.8, 4) is 0 Å². The predicted octanol–water partition coefficient (Wildman–Crippen LogP) is 4.82. The minimum atomic E-state index is -0.169. The number of urea groups is 1. The summed E-state index contributed by atoms with van der Waals surface area (Å²) in [5, 5.41) is 6.26. The first-order valence-corrected chi connectivity index (χ1v) is 10.4. The highest BCUT2D eigenvalue weighted by Crippen LogP contribution is 2.29. The number of rotatable bonds is 6. The highest BCUT2D eigenvalue weighted by Gasteiger charge is 2.22. The first-order chi connectivity index (χ1) is 13.9. The van der Waals surface area contributed by atoms with E-state index in [1.54, 1.807) is 0 Å². The molecule has 2 amide bonds. The highest BCUT2D eigenvalue weighted by atomic mass is 16.5. The summed E-state index contributed by atoms with van der Waals surface area (Å²) in [7, 11) is 0. The average molecular weight is 396 g/mol. The Morgan fingerprint density at radius 3 is 2.38 bits per heavy atom. The Morgan fingerprint density at radius 1 is 1.03 bits per heavy atom. The van der Waals surface area contributed by atoms with Gasteiger partial charge in [-0.2, -0.15) is 0 Å². The van der Waals surface area contributed by atoms with Gasteiger partial charge in [-0.25, -0.2) is 4.79 Å². The Bertz CT molecular complexity index is 780. The maximum Gasteiger partial charge on any atom is 0.319 e. The molecular weight excluding hydrogens is 362 g/mol. The third-order valence-electron chi connectivity index (χ3n) is 5.09. The molecule has 0 aliphatic carbocycles. The monoisotopic (exact) mass is 395 g/mol. The van der Waals surface area contributed by atoms with Crippen molar-refractivity contribution < 1.29 is 9.53 Å². The number of nitrogens with zero attached hydrogens (tertiary/aromatic N) is 1. The van der Waals surface area contributed by atoms with Crippen LogP contribution in [0, 0.1) is 5.41 Å². The van der Waals surface area contributed by atoms with Gasteiger partial charge in [0.1, 0.15) is 0 Å². The molecule has 3 rings (SSSR count). The lowest BCUT2D eigenvalue weighted by atomic mass is 9.85. The molecule has 2 aromatic carbocycles. The van der Waals surface area contributed by atoms with Crippen LogP contribution in [0.25, 0.3) is 0 Å². The summed E-state index contributed by atoms with van der Waals surface area (Å²) in [6, 6.07) is 18.0. The molecule has 1 aliphatic heterocycles. The SMILES string of the molecule is CC(C)(C)CC(NC(=O)Nc1ccccc1CN1CCOCC1)c1ccccc1. The largest absolute Gasteiger partial charge is 0.379 e. The van der Waals surface area contributed by atoms with Gasteiger partial charge < -0.3 is 15.4 Å². The summed E-state index contributed by atoms with van der Waals surface area (Å²) in [6.07, 6.45) is 0.861. The first-order valence-electron chi connectivity index (χ1n) is 10.4. The van der Waals surface area contributed by atoms with E-state index in [-0.39, 0.29) is 17.5 Å². The molecule has 5 nitrogen and oxygen atoms in total. The molecule has 156 valence electrons. The third kappa shape index (κ3) is 6.87. The Labute approximate surface area is 174 Å². The quantitative estimate of drug-likeness (QED) is 0.737. The maximum atomic E-state index is 12.9. The Balaban J connectivity index is 1.68. The Hall–Kier alpha value is -2.37. The fourth-order valence-electron chi connectivity index (χ4n) is 3.65. The molecule has 1 heterocycles. The van der Waals surface area contributed by atoms with Crippen molar-refractivity contribution in [2.75, 3.05) is 31.6 Å². The van der Waals surface area contributed by atoms with Crippen LogP contribution in [-0.4, -0.2) is 37.2 Å². The zero-order valence-corrected chi connectivity index (χ0v) is 17.8. The van der Waals surface area contributed by atoms with Crippen molar-refractivity contribution >= 4 is 11.7 Å². The zero-order valence-electron chi connectivity index (χ0n) is 17.8. The number of carbonyl (C=O) groups is 1. The second-order valence-corrected chi connectivity index (χ2v) is 8.87. The molecule has 0 aromatic heterocycles. The van der Waals surface area contributed by atoms with E-state index in [0.29, 0.717) is 0 Å². The topological polar surface area (TPSA) is 53.6 Å². The number of carbonyl (C=O) groups excluding carboxylic acids is 1. The van der Waals surface area contributed by atoms with Crippen LogP contribution < -0.4 is 10.6 Å². The summed E-state index contributed by atoms with van der Waals surface area (Å²) in [4.78, 5) is 15.2. The standard InChI is InChI=1S/C24H33N3O2/c1-24(2,3)17-22(19-9-5-4-6-10-19)26-23(28)25-21-12-8-7-11-20(21)18-27-13-15-29-16-14-27/h4-12,22H,13-18H2,1-3H3,(H2,25,26,28). The normalized spacial score (nSPS) is 16.2. The number of benzene rings is 2. The van der Waals surface area contributed by atoms with E-state index in [1.807, 2.05) is 36.4 Å². The van der Waals surface area contributed by atoms with Gasteiger partial charge >= 0.3 is 6.03 Å². The zero-order chi connectivity index (χ0) is 20.7. The number of anilines is 1. The van der Waals surface area contributed by atoms with Gasteiger partial charge in [0.2, 0.25) is 0 Å². The molecule has 1 atom stereocenters. The van der Waals surface area contributed by atoms with Gasteiger partial charge in [0.25, 0.3) is 0 Å². The molecule has 0 bridgehead atoms. The van der Waals surface area contributed by atoms with Crippen molar-refractivity contribution in [3.63, 3.8) is 0 Å². The van der Waals surface area contributed by atoms with E-state index in [0.717, 1.165) is 56.1 Å². The number of morpholine rings is 1. The van der Waals surface area contributed by atoms with E-state index in [1.165, 1.54) is 0 Å². The second-order valence-electron chi connectivity index (χ2n) is 8.87. The minimum absolute atomic E-state index is 0.0393. The molecule has 0 radical (unpaired) electrons. The Morgan fingerprint density at radius 2 is 1.69 bits per heavy atom. The second kappa shape index (κ2) is 9.90. The van der Waals surface area contributed by atoms with Crippen LogP contribution in [0.3, 0.4) is 0 Å². The molecule has 0 saturated carbocycles. The number of para-hydroxylation sites is 1. The molecule has 1 saturated heterocycles. The number of amides is 2. The van der Waals surface area contributed by atoms with E-state index < -0.39 is 0 Å². The van der Waals surface area contributed by atoms with Gasteiger partial charge in [0.15, 0.2) is 0 Å². The van der Waals surface area contributed by atoms with E-state index in [4.69, 9.17) is 4.74 Å². The summed E-state index contributed by atoms with van der Waals surface area (Å²) in [6.45, 7) is 10.8. The van der Waals surface area contributed by atoms with Crippen LogP contribution >= 0.6 is 0 Å². The fourth-order valence-corrected chi connectivity index (χ4v) is 3.65. The molecule has 0 spiro atoms. The van der Waals surface area contributed by atoms with Crippen LogP contribution in [-0.2, 0) is 11.3 Å². The summed E-state index contributed by atoms with van der Waals surface area (Å²) in [5.74, 6) is 0. The van der Waals surface area contributed by atoms with Gasteiger partial charge in [0.05, 0.1) is 19.3 Å². The van der Waals surface area contributed by atoms with Crippen molar-refractivity contribution in [2.24, 2.45) is 5.41 Å². The van der Waals surface area contributed by atoms with Crippen LogP contribution in [0.2, 0.25) is 0 Å². The Kier molecular flexibility index (Phi) is 7.29. The summed E-state index contributed by atoms with van der Waals surface area (Å²) >= 11 is 0. The smallest absolute Gasteiger partial charge is 0.319 e. The van der Waals surface area contributed by atoms with Gasteiger partial charge in [0, 0.05) is 25.3 Å². The minimum Gasteiger partial charge on any atom is -0.379 e. The fraction of sp³-hybridized carbons (Fsp3) is 0.458. The lowest BCUT2D eigenvalue weighted by Gasteiger charge is -2.28.